The predicted octanol–water partition coefficient (Wildman–Crippen LogP) is 2.15. The van der Waals surface area contributed by atoms with E-state index in [0.29, 0.717) is 17.7 Å². The fraction of sp³-hybridized carbons (Fsp3) is 0.357. The summed E-state index contributed by atoms with van der Waals surface area (Å²) < 4.78 is 5.15. The summed E-state index contributed by atoms with van der Waals surface area (Å²) in [6, 6.07) is 4.64. The van der Waals surface area contributed by atoms with Crippen LogP contribution in [0.5, 0.6) is 11.5 Å². The Kier molecular flexibility index (Phi) is 4.14. The summed E-state index contributed by atoms with van der Waals surface area (Å²) >= 11 is 0. The lowest BCUT2D eigenvalue weighted by atomic mass is 10.1. The van der Waals surface area contributed by atoms with Gasteiger partial charge in [0, 0.05) is 5.56 Å². The maximum Gasteiger partial charge on any atom is 0.330 e. The number of aromatic hydroxyl groups is 1. The van der Waals surface area contributed by atoms with Crippen molar-refractivity contribution < 1.29 is 14.6 Å². The van der Waals surface area contributed by atoms with Gasteiger partial charge in [-0.3, -0.25) is 0 Å². The Morgan fingerprint density at radius 3 is 2.61 bits per heavy atom. The summed E-state index contributed by atoms with van der Waals surface area (Å²) in [7, 11) is 0. The van der Waals surface area contributed by atoms with Crippen LogP contribution in [-0.2, 0) is 11.2 Å². The average Bonchev–Trinajstić information content (AvgIpc) is 2.20. The third-order valence-corrected chi connectivity index (χ3v) is 2.28. The zero-order chi connectivity index (χ0) is 13.9. The van der Waals surface area contributed by atoms with Gasteiger partial charge in [0.2, 0.25) is 0 Å². The molecular weight excluding hydrogens is 230 g/mol. The van der Waals surface area contributed by atoms with Crippen molar-refractivity contribution in [2.24, 2.45) is 5.73 Å². The molecule has 0 bridgehead atoms. The second-order valence-corrected chi connectivity index (χ2v) is 5.04. The topological polar surface area (TPSA) is 72.5 Å². The van der Waals surface area contributed by atoms with E-state index in [2.05, 4.69) is 6.58 Å². The molecule has 0 aliphatic heterocycles. The van der Waals surface area contributed by atoms with Gasteiger partial charge in [-0.1, -0.05) is 12.2 Å². The lowest BCUT2D eigenvalue weighted by Gasteiger charge is -2.17. The van der Waals surface area contributed by atoms with Crippen molar-refractivity contribution in [3.63, 3.8) is 0 Å². The van der Waals surface area contributed by atoms with Gasteiger partial charge in [-0.2, -0.15) is 0 Å². The molecular formula is C14H19NO3. The summed E-state index contributed by atoms with van der Waals surface area (Å²) in [6.07, 6.45) is 0.531. The maximum absolute atomic E-state index is 11.6. The van der Waals surface area contributed by atoms with E-state index < -0.39 is 11.5 Å². The van der Waals surface area contributed by atoms with E-state index in [-0.39, 0.29) is 5.75 Å². The number of hydrogen-bond donors (Lipinski definition) is 2. The molecule has 4 heteroatoms. The molecule has 0 saturated carbocycles. The largest absolute Gasteiger partial charge is 0.508 e. The highest BCUT2D eigenvalue weighted by atomic mass is 16.5. The lowest BCUT2D eigenvalue weighted by molar-refractivity contribution is -0.139. The Morgan fingerprint density at radius 1 is 1.50 bits per heavy atom. The van der Waals surface area contributed by atoms with Crippen LogP contribution in [0.4, 0.5) is 0 Å². The third-order valence-electron chi connectivity index (χ3n) is 2.28. The van der Waals surface area contributed by atoms with Crippen LogP contribution in [-0.4, -0.2) is 16.6 Å². The van der Waals surface area contributed by atoms with Gasteiger partial charge in [-0.25, -0.2) is 4.79 Å². The number of phenolic OH excluding ortho intramolecular Hbond substituents is 1. The molecule has 4 nitrogen and oxygen atoms in total. The van der Waals surface area contributed by atoms with Crippen LogP contribution in [0.3, 0.4) is 0 Å². The molecule has 1 aromatic rings. The SMILES string of the molecule is C=C(C)Cc1cc(OC(=O)C(C)(C)N)ccc1O. The normalized spacial score (nSPS) is 11.1. The van der Waals surface area contributed by atoms with Crippen LogP contribution in [0.15, 0.2) is 30.4 Å². The molecule has 0 spiro atoms. The minimum atomic E-state index is -1.05. The first kappa shape index (κ1) is 14.3. The maximum atomic E-state index is 11.6. The van der Waals surface area contributed by atoms with Gasteiger partial charge in [0.25, 0.3) is 0 Å². The molecule has 0 aliphatic rings. The Morgan fingerprint density at radius 2 is 2.11 bits per heavy atom. The standard InChI is InChI=1S/C14H19NO3/c1-9(2)7-10-8-11(5-6-12(10)16)18-13(17)14(3,4)15/h5-6,8,16H,1,7,15H2,2-4H3. The lowest BCUT2D eigenvalue weighted by Crippen LogP contribution is -2.44. The Bertz CT molecular complexity index is 472. The molecule has 0 amide bonds. The van der Waals surface area contributed by atoms with Crippen molar-refractivity contribution in [3.8, 4) is 11.5 Å². The first-order chi connectivity index (χ1) is 8.20. The van der Waals surface area contributed by atoms with Crippen molar-refractivity contribution in [2.75, 3.05) is 0 Å². The Balaban J connectivity index is 2.92. The molecule has 0 aromatic heterocycles. The minimum Gasteiger partial charge on any atom is -0.508 e. The Labute approximate surface area is 107 Å². The van der Waals surface area contributed by atoms with E-state index in [1.807, 2.05) is 6.92 Å². The van der Waals surface area contributed by atoms with Crippen LogP contribution in [0.1, 0.15) is 26.3 Å². The number of rotatable bonds is 4. The smallest absolute Gasteiger partial charge is 0.330 e. The van der Waals surface area contributed by atoms with Gasteiger partial charge in [0.1, 0.15) is 17.0 Å². The van der Waals surface area contributed by atoms with E-state index in [1.165, 1.54) is 12.1 Å². The predicted molar refractivity (Wildman–Crippen MR) is 70.5 cm³/mol. The van der Waals surface area contributed by atoms with Gasteiger partial charge in [-0.05, 0) is 45.4 Å². The van der Waals surface area contributed by atoms with Gasteiger partial charge < -0.3 is 15.6 Å². The zero-order valence-electron chi connectivity index (χ0n) is 11.0. The Hall–Kier alpha value is -1.81. The highest BCUT2D eigenvalue weighted by Gasteiger charge is 2.24. The van der Waals surface area contributed by atoms with Crippen molar-refractivity contribution in [1.29, 1.82) is 0 Å². The molecule has 98 valence electrons. The second kappa shape index (κ2) is 5.23. The van der Waals surface area contributed by atoms with Crippen LogP contribution >= 0.6 is 0 Å². The summed E-state index contributed by atoms with van der Waals surface area (Å²) in [5.41, 5.74) is 6.17. The minimum absolute atomic E-state index is 0.157. The number of benzene rings is 1. The third kappa shape index (κ3) is 3.89. The first-order valence-electron chi connectivity index (χ1n) is 5.67. The molecule has 1 rings (SSSR count). The number of nitrogens with two attached hydrogens (primary N) is 1. The van der Waals surface area contributed by atoms with Crippen molar-refractivity contribution in [3.05, 3.63) is 35.9 Å². The van der Waals surface area contributed by atoms with E-state index in [4.69, 9.17) is 10.5 Å². The summed E-state index contributed by atoms with van der Waals surface area (Å²) in [5.74, 6) is 0.00634. The molecule has 0 fully saturated rings. The molecule has 0 atom stereocenters. The number of carbonyl (C=O) groups excluding carboxylic acids is 1. The van der Waals surface area contributed by atoms with Gasteiger partial charge >= 0.3 is 5.97 Å². The van der Waals surface area contributed by atoms with Crippen molar-refractivity contribution in [2.45, 2.75) is 32.7 Å². The molecule has 0 saturated heterocycles. The van der Waals surface area contributed by atoms with Crippen LogP contribution < -0.4 is 10.5 Å². The van der Waals surface area contributed by atoms with Crippen molar-refractivity contribution >= 4 is 5.97 Å². The number of allylic oxidation sites excluding steroid dienone is 1. The molecule has 0 unspecified atom stereocenters. The van der Waals surface area contributed by atoms with Gasteiger partial charge in [0.15, 0.2) is 0 Å². The zero-order valence-corrected chi connectivity index (χ0v) is 11.0. The number of carbonyl (C=O) groups is 1. The molecule has 0 aliphatic carbocycles. The second-order valence-electron chi connectivity index (χ2n) is 5.04. The van der Waals surface area contributed by atoms with Crippen LogP contribution in [0.2, 0.25) is 0 Å². The average molecular weight is 249 g/mol. The van der Waals surface area contributed by atoms with Crippen LogP contribution in [0.25, 0.3) is 0 Å². The van der Waals surface area contributed by atoms with Gasteiger partial charge in [-0.15, -0.1) is 0 Å². The number of hydrogen-bond acceptors (Lipinski definition) is 4. The number of phenols is 1. The summed E-state index contributed by atoms with van der Waals surface area (Å²) in [5, 5.41) is 9.67. The fourth-order valence-corrected chi connectivity index (χ4v) is 1.33. The molecule has 3 N–H and O–H groups in total. The number of esters is 1. The van der Waals surface area contributed by atoms with E-state index in [1.54, 1.807) is 19.9 Å². The molecule has 0 radical (unpaired) electrons. The summed E-state index contributed by atoms with van der Waals surface area (Å²) in [4.78, 5) is 11.6. The molecule has 0 heterocycles. The summed E-state index contributed by atoms with van der Waals surface area (Å²) in [6.45, 7) is 8.79. The van der Waals surface area contributed by atoms with E-state index in [9.17, 15) is 9.90 Å². The quantitative estimate of drug-likeness (QED) is 0.487. The van der Waals surface area contributed by atoms with E-state index in [0.717, 1.165) is 5.57 Å². The highest BCUT2D eigenvalue weighted by Crippen LogP contribution is 2.25. The van der Waals surface area contributed by atoms with Crippen molar-refractivity contribution in [1.82, 2.24) is 0 Å². The van der Waals surface area contributed by atoms with E-state index >= 15 is 0 Å². The monoisotopic (exact) mass is 249 g/mol. The van der Waals surface area contributed by atoms with Crippen LogP contribution in [0, 0.1) is 0 Å². The molecule has 1 aromatic carbocycles. The fourth-order valence-electron chi connectivity index (χ4n) is 1.33. The van der Waals surface area contributed by atoms with Gasteiger partial charge in [0.05, 0.1) is 0 Å². The first-order valence-corrected chi connectivity index (χ1v) is 5.67. The molecule has 18 heavy (non-hydrogen) atoms. The highest BCUT2D eigenvalue weighted by molar-refractivity contribution is 5.81. The number of ether oxygens (including phenoxy) is 1.